The molecule has 2 heterocycles. The van der Waals surface area contributed by atoms with Crippen molar-refractivity contribution in [2.24, 2.45) is 0 Å². The molecule has 1 amide bonds. The molecule has 0 saturated carbocycles. The predicted octanol–water partition coefficient (Wildman–Crippen LogP) is 3.41. The Morgan fingerprint density at radius 3 is 2.93 bits per heavy atom. The van der Waals surface area contributed by atoms with E-state index in [9.17, 15) is 4.79 Å². The summed E-state index contributed by atoms with van der Waals surface area (Å²) in [6.07, 6.45) is 15.5. The van der Waals surface area contributed by atoms with Crippen molar-refractivity contribution < 1.29 is 33.6 Å². The molecule has 1 aromatic heterocycles. The van der Waals surface area contributed by atoms with Gasteiger partial charge >= 0.3 is 182 Å². The van der Waals surface area contributed by atoms with Crippen molar-refractivity contribution in [3.63, 3.8) is 0 Å². The van der Waals surface area contributed by atoms with E-state index >= 15 is 0 Å². The van der Waals surface area contributed by atoms with Gasteiger partial charge in [-0.3, -0.25) is 0 Å². The van der Waals surface area contributed by atoms with E-state index in [1.54, 1.807) is 37.6 Å². The van der Waals surface area contributed by atoms with E-state index < -0.39 is 0 Å². The number of rotatable bonds is 1. The van der Waals surface area contributed by atoms with Crippen LogP contribution in [-0.2, 0) is 25.9 Å². The summed E-state index contributed by atoms with van der Waals surface area (Å²) in [5.41, 5.74) is 0.466. The minimum absolute atomic E-state index is 0.230. The van der Waals surface area contributed by atoms with Crippen LogP contribution >= 0.6 is 0 Å². The van der Waals surface area contributed by atoms with Gasteiger partial charge in [0.05, 0.1) is 0 Å². The molecular formula is C22H25N3O3W. The fourth-order valence-electron chi connectivity index (χ4n) is 3.05. The summed E-state index contributed by atoms with van der Waals surface area (Å²) >= 11 is 1.36. The summed E-state index contributed by atoms with van der Waals surface area (Å²) in [4.78, 5) is 17.1. The first kappa shape index (κ1) is 21.3. The molecule has 2 aromatic rings. The average Bonchev–Trinajstić information content (AvgIpc) is 3.20. The Morgan fingerprint density at radius 2 is 2.07 bits per heavy atom. The molecule has 3 rings (SSSR count). The third-order valence-electron chi connectivity index (χ3n) is 4.59. The van der Waals surface area contributed by atoms with Gasteiger partial charge in [-0.1, -0.05) is 0 Å². The second-order valence-corrected chi connectivity index (χ2v) is 8.21. The van der Waals surface area contributed by atoms with Gasteiger partial charge in [0.15, 0.2) is 0 Å². The molecule has 0 spiro atoms. The van der Waals surface area contributed by atoms with E-state index in [2.05, 4.69) is 14.9 Å². The van der Waals surface area contributed by atoms with Crippen LogP contribution in [-0.4, -0.2) is 33.1 Å². The van der Waals surface area contributed by atoms with Crippen LogP contribution in [0.1, 0.15) is 41.9 Å². The van der Waals surface area contributed by atoms with Crippen molar-refractivity contribution in [2.75, 3.05) is 13.7 Å². The number of aromatic nitrogens is 2. The molecule has 0 radical (unpaired) electrons. The zero-order valence-corrected chi connectivity index (χ0v) is 19.4. The van der Waals surface area contributed by atoms with Crippen LogP contribution in [0.25, 0.3) is 0 Å². The van der Waals surface area contributed by atoms with Gasteiger partial charge in [0.2, 0.25) is 0 Å². The Morgan fingerprint density at radius 1 is 1.21 bits per heavy atom. The van der Waals surface area contributed by atoms with Crippen LogP contribution in [0.4, 0.5) is 0 Å². The first-order valence-electron chi connectivity index (χ1n) is 9.69. The molecule has 29 heavy (non-hydrogen) atoms. The molecule has 0 unspecified atom stereocenters. The molecule has 1 aliphatic rings. The zero-order valence-electron chi connectivity index (χ0n) is 16.5. The van der Waals surface area contributed by atoms with Crippen molar-refractivity contribution in [3.05, 3.63) is 66.4 Å². The summed E-state index contributed by atoms with van der Waals surface area (Å²) in [5, 5.41) is 2.79. The van der Waals surface area contributed by atoms with Crippen molar-refractivity contribution >= 4 is 9.81 Å². The minimum atomic E-state index is -0.230. The van der Waals surface area contributed by atoms with Crippen LogP contribution in [0.15, 0.2) is 55.0 Å². The predicted molar refractivity (Wildman–Crippen MR) is 109 cm³/mol. The van der Waals surface area contributed by atoms with Gasteiger partial charge in [0, 0.05) is 0 Å². The summed E-state index contributed by atoms with van der Waals surface area (Å²) in [7, 11) is 1.58. The average molecular weight is 563 g/mol. The molecule has 7 heteroatoms. The SMILES string of the molecule is COc1ccc2c(c1)C(=O)NC=CC=C[C](=[W])c1nccn1CCCCCCO2. The van der Waals surface area contributed by atoms with E-state index in [0.717, 1.165) is 42.0 Å². The fourth-order valence-corrected chi connectivity index (χ4v) is 3.94. The molecular weight excluding hydrogens is 538 g/mol. The van der Waals surface area contributed by atoms with Gasteiger partial charge in [-0.15, -0.1) is 0 Å². The maximum atomic E-state index is 12.6. The van der Waals surface area contributed by atoms with Crippen LogP contribution in [0, 0.1) is 0 Å². The van der Waals surface area contributed by atoms with Gasteiger partial charge < -0.3 is 0 Å². The number of nitrogens with one attached hydrogen (secondary N) is 1. The van der Waals surface area contributed by atoms with Gasteiger partial charge in [-0.25, -0.2) is 0 Å². The zero-order chi connectivity index (χ0) is 20.5. The van der Waals surface area contributed by atoms with E-state index in [-0.39, 0.29) is 5.91 Å². The number of carbonyl (C=O) groups excluding carboxylic acids is 1. The molecule has 0 saturated heterocycles. The number of carbonyl (C=O) groups is 1. The second kappa shape index (κ2) is 10.9. The number of fused-ring (bicyclic) bond motifs is 2. The Bertz CT molecular complexity index is 918. The Balaban J connectivity index is 1.78. The molecule has 152 valence electrons. The second-order valence-electron chi connectivity index (χ2n) is 6.62. The van der Waals surface area contributed by atoms with Gasteiger partial charge in [0.1, 0.15) is 0 Å². The number of amides is 1. The third kappa shape index (κ3) is 6.01. The summed E-state index contributed by atoms with van der Waals surface area (Å²) in [6, 6.07) is 5.30. The number of hydrogen-bond acceptors (Lipinski definition) is 4. The number of allylic oxidation sites excluding steroid dienone is 3. The Hall–Kier alpha value is -2.46. The molecule has 1 aliphatic heterocycles. The van der Waals surface area contributed by atoms with E-state index in [1.807, 2.05) is 24.5 Å². The van der Waals surface area contributed by atoms with Crippen molar-refractivity contribution in [2.45, 2.75) is 32.2 Å². The van der Waals surface area contributed by atoms with Gasteiger partial charge in [-0.2, -0.15) is 0 Å². The number of benzene rings is 1. The molecule has 0 bridgehead atoms. The number of imidazole rings is 1. The van der Waals surface area contributed by atoms with Crippen molar-refractivity contribution in [1.82, 2.24) is 14.9 Å². The molecule has 0 fully saturated rings. The van der Waals surface area contributed by atoms with Gasteiger partial charge in [-0.05, 0) is 0 Å². The van der Waals surface area contributed by atoms with Crippen LogP contribution in [0.3, 0.4) is 0 Å². The summed E-state index contributed by atoms with van der Waals surface area (Å²) < 4.78 is 14.5. The molecule has 0 aliphatic carbocycles. The number of aryl methyl sites for hydroxylation is 1. The van der Waals surface area contributed by atoms with Crippen LogP contribution in [0.2, 0.25) is 0 Å². The quantitative estimate of drug-likeness (QED) is 0.578. The number of hydrogen-bond donors (Lipinski definition) is 1. The van der Waals surface area contributed by atoms with E-state index in [0.29, 0.717) is 23.7 Å². The maximum absolute atomic E-state index is 12.6. The number of ether oxygens (including phenoxy) is 2. The topological polar surface area (TPSA) is 65.4 Å². The third-order valence-corrected chi connectivity index (χ3v) is 5.73. The first-order valence-corrected chi connectivity index (χ1v) is 11.2. The number of methoxy groups -OCH3 is 1. The van der Waals surface area contributed by atoms with E-state index in [1.165, 1.54) is 19.4 Å². The monoisotopic (exact) mass is 563 g/mol. The molecule has 1 aromatic carbocycles. The Labute approximate surface area is 182 Å². The van der Waals surface area contributed by atoms with Crippen molar-refractivity contribution in [3.8, 4) is 11.5 Å². The van der Waals surface area contributed by atoms with Crippen LogP contribution < -0.4 is 14.8 Å². The number of nitrogens with zero attached hydrogens (tertiary/aromatic N) is 2. The standard InChI is InChI=1S/C22H25N3O3.W/c1-27-18-10-11-20-19(17-18)22(26)24-12-6-4-5-9-21-23-13-15-25(21)14-7-2-3-8-16-28-20;/h4-6,10-13,15,17H,2-3,7-8,14,16H2,1H3,(H,24,26);. The normalized spacial score (nSPS) is 16.0. The van der Waals surface area contributed by atoms with E-state index in [4.69, 9.17) is 9.47 Å². The fraction of sp³-hybridized carbons (Fsp3) is 0.318. The molecule has 1 N–H and O–H groups in total. The first-order chi connectivity index (χ1) is 14.2. The molecule has 6 nitrogen and oxygen atoms in total. The summed E-state index contributed by atoms with van der Waals surface area (Å²) in [5.74, 6) is 1.98. The van der Waals surface area contributed by atoms with Crippen LogP contribution in [0.5, 0.6) is 11.5 Å². The Kier molecular flexibility index (Phi) is 8.00. The van der Waals surface area contributed by atoms with Gasteiger partial charge in [0.25, 0.3) is 0 Å². The van der Waals surface area contributed by atoms with Crippen molar-refractivity contribution in [1.29, 1.82) is 0 Å². The molecule has 0 atom stereocenters. The summed E-state index contributed by atoms with van der Waals surface area (Å²) in [6.45, 7) is 1.55.